The van der Waals surface area contributed by atoms with E-state index in [2.05, 4.69) is 5.32 Å². The highest BCUT2D eigenvalue weighted by Gasteiger charge is 2.41. The number of benzene rings is 2. The van der Waals surface area contributed by atoms with Crippen molar-refractivity contribution in [3.63, 3.8) is 0 Å². The Labute approximate surface area is 249 Å². The van der Waals surface area contributed by atoms with Crippen molar-refractivity contribution >= 4 is 56.8 Å². The van der Waals surface area contributed by atoms with Crippen LogP contribution in [0, 0.1) is 0 Å². The maximum absolute atomic E-state index is 13.4. The third-order valence-electron chi connectivity index (χ3n) is 6.99. The van der Waals surface area contributed by atoms with Crippen molar-refractivity contribution in [3.8, 4) is 0 Å². The first kappa shape index (κ1) is 30.6. The van der Waals surface area contributed by atoms with Crippen LogP contribution < -0.4 is 5.32 Å². The van der Waals surface area contributed by atoms with Crippen LogP contribution in [0.3, 0.4) is 0 Å². The normalized spacial score (nSPS) is 20.9. The van der Waals surface area contributed by atoms with Gasteiger partial charge in [-0.25, -0.2) is 18.0 Å². The topological polar surface area (TPSA) is 99.3 Å². The van der Waals surface area contributed by atoms with Gasteiger partial charge >= 0.3 is 12.0 Å². The number of urea groups is 1. The van der Waals surface area contributed by atoms with Crippen LogP contribution in [-0.2, 0) is 19.6 Å². The van der Waals surface area contributed by atoms with Crippen molar-refractivity contribution in [1.82, 2.24) is 19.4 Å². The minimum absolute atomic E-state index is 0.143. The Bertz CT molecular complexity index is 1420. The van der Waals surface area contributed by atoms with Crippen molar-refractivity contribution < 1.29 is 22.7 Å². The molecule has 0 bridgehead atoms. The highest BCUT2D eigenvalue weighted by Crippen LogP contribution is 2.38. The van der Waals surface area contributed by atoms with Crippen LogP contribution in [0.15, 0.2) is 58.6 Å². The van der Waals surface area contributed by atoms with Gasteiger partial charge in [-0.05, 0) is 56.7 Å². The van der Waals surface area contributed by atoms with Gasteiger partial charge in [0.2, 0.25) is 10.0 Å². The molecule has 9 nitrogen and oxygen atoms in total. The van der Waals surface area contributed by atoms with E-state index in [1.54, 1.807) is 37.3 Å². The highest BCUT2D eigenvalue weighted by molar-refractivity contribution is 7.89. The van der Waals surface area contributed by atoms with Crippen LogP contribution in [0.4, 0.5) is 4.79 Å². The smallest absolute Gasteiger partial charge is 0.338 e. The summed E-state index contributed by atoms with van der Waals surface area (Å²) in [6.45, 7) is 7.03. The second-order valence-corrected chi connectivity index (χ2v) is 12.6. The Morgan fingerprint density at radius 3 is 2.40 bits per heavy atom. The maximum Gasteiger partial charge on any atom is 0.338 e. The third-order valence-corrected chi connectivity index (χ3v) is 10.1. The molecule has 0 unspecified atom stereocenters. The van der Waals surface area contributed by atoms with Crippen molar-refractivity contribution in [2.45, 2.75) is 37.8 Å². The summed E-state index contributed by atoms with van der Waals surface area (Å²) in [7, 11) is -3.73. The van der Waals surface area contributed by atoms with Crippen LogP contribution in [0.2, 0.25) is 15.1 Å². The number of piperazine rings is 1. The average Bonchev–Trinajstić information content (AvgIpc) is 2.90. The summed E-state index contributed by atoms with van der Waals surface area (Å²) < 4.78 is 33.5. The van der Waals surface area contributed by atoms with E-state index in [9.17, 15) is 18.0 Å². The van der Waals surface area contributed by atoms with Crippen molar-refractivity contribution in [3.05, 3.63) is 74.4 Å². The Morgan fingerprint density at radius 2 is 1.77 bits per heavy atom. The molecule has 0 radical (unpaired) electrons. The maximum atomic E-state index is 13.4. The minimum Gasteiger partial charge on any atom is -0.463 e. The van der Waals surface area contributed by atoms with Crippen LogP contribution in [0.25, 0.3) is 0 Å². The fraction of sp³-hybridized carbons (Fsp3) is 0.407. The number of rotatable bonds is 8. The number of esters is 1. The standard InChI is InChI=1S/C27H31Cl3N4O5S/c1-4-33-22(16-32-13-14-34(17(3)15-32)40(37,38)19-11-9-18(28)10-12-19)23(26(35)39-5-2)25(31-27(33)36)20-7-6-8-21(29)24(20)30/h6-12,17,25H,4-5,13-16H2,1-3H3,(H,31,36)/t17-,25-/m1/s1. The van der Waals surface area contributed by atoms with E-state index in [1.165, 1.54) is 21.3 Å². The van der Waals surface area contributed by atoms with Crippen LogP contribution in [-0.4, -0.2) is 79.9 Å². The van der Waals surface area contributed by atoms with E-state index < -0.39 is 22.0 Å². The van der Waals surface area contributed by atoms with Gasteiger partial charge in [-0.2, -0.15) is 4.31 Å². The second kappa shape index (κ2) is 12.7. The number of carbonyl (C=O) groups excluding carboxylic acids is 2. The number of halogens is 3. The minimum atomic E-state index is -3.73. The Kier molecular flexibility index (Phi) is 9.70. The zero-order valence-corrected chi connectivity index (χ0v) is 25.4. The molecule has 2 atom stereocenters. The first-order chi connectivity index (χ1) is 19.0. The molecule has 1 saturated heterocycles. The summed E-state index contributed by atoms with van der Waals surface area (Å²) >= 11 is 18.7. The molecule has 216 valence electrons. The Balaban J connectivity index is 1.68. The lowest BCUT2D eigenvalue weighted by molar-refractivity contribution is -0.139. The van der Waals surface area contributed by atoms with Crippen LogP contribution >= 0.6 is 34.8 Å². The Morgan fingerprint density at radius 1 is 1.07 bits per heavy atom. The van der Waals surface area contributed by atoms with Crippen molar-refractivity contribution in [1.29, 1.82) is 0 Å². The molecule has 4 rings (SSSR count). The zero-order valence-electron chi connectivity index (χ0n) is 22.4. The third kappa shape index (κ3) is 6.12. The number of nitrogens with one attached hydrogen (secondary N) is 1. The summed E-state index contributed by atoms with van der Waals surface area (Å²) in [6.07, 6.45) is 0. The van der Waals surface area contributed by atoms with E-state index in [-0.39, 0.29) is 47.3 Å². The first-order valence-corrected chi connectivity index (χ1v) is 15.5. The van der Waals surface area contributed by atoms with E-state index in [0.717, 1.165) is 0 Å². The van der Waals surface area contributed by atoms with Gasteiger partial charge in [0.1, 0.15) is 0 Å². The van der Waals surface area contributed by atoms with E-state index in [4.69, 9.17) is 39.5 Å². The molecule has 0 aliphatic carbocycles. The molecule has 2 aromatic rings. The molecule has 0 saturated carbocycles. The van der Waals surface area contributed by atoms with Gasteiger partial charge < -0.3 is 10.1 Å². The van der Waals surface area contributed by atoms with Crippen LogP contribution in [0.5, 0.6) is 0 Å². The molecule has 0 spiro atoms. The second-order valence-electron chi connectivity index (χ2n) is 9.50. The molecule has 2 aromatic carbocycles. The fourth-order valence-electron chi connectivity index (χ4n) is 5.11. The number of sulfonamides is 1. The summed E-state index contributed by atoms with van der Waals surface area (Å²) in [5.74, 6) is -0.575. The lowest BCUT2D eigenvalue weighted by Crippen LogP contribution is -2.56. The predicted molar refractivity (Wildman–Crippen MR) is 155 cm³/mol. The zero-order chi connectivity index (χ0) is 29.2. The van der Waals surface area contributed by atoms with E-state index in [0.29, 0.717) is 40.9 Å². The summed E-state index contributed by atoms with van der Waals surface area (Å²) in [6, 6.07) is 9.50. The van der Waals surface area contributed by atoms with Gasteiger partial charge in [0.05, 0.1) is 33.2 Å². The first-order valence-electron chi connectivity index (χ1n) is 12.9. The molecule has 0 aromatic heterocycles. The number of carbonyl (C=O) groups is 2. The average molecular weight is 630 g/mol. The van der Waals surface area contributed by atoms with E-state index >= 15 is 0 Å². The quantitative estimate of drug-likeness (QED) is 0.415. The van der Waals surface area contributed by atoms with Gasteiger partial charge in [-0.3, -0.25) is 9.80 Å². The number of hydrogen-bond acceptors (Lipinski definition) is 6. The largest absolute Gasteiger partial charge is 0.463 e. The van der Waals surface area contributed by atoms with Crippen molar-refractivity contribution in [2.24, 2.45) is 0 Å². The van der Waals surface area contributed by atoms with Gasteiger partial charge in [0.15, 0.2) is 0 Å². The lowest BCUT2D eigenvalue weighted by Gasteiger charge is -2.42. The molecule has 2 heterocycles. The molecule has 13 heteroatoms. The number of amides is 2. The number of nitrogens with zero attached hydrogens (tertiary/aromatic N) is 3. The molecular weight excluding hydrogens is 599 g/mol. The molecule has 1 fully saturated rings. The summed E-state index contributed by atoms with van der Waals surface area (Å²) in [5.41, 5.74) is 1.22. The molecule has 2 aliphatic heterocycles. The van der Waals surface area contributed by atoms with Crippen LogP contribution in [0.1, 0.15) is 32.4 Å². The summed E-state index contributed by atoms with van der Waals surface area (Å²) in [4.78, 5) is 30.3. The number of likely N-dealkylation sites (N-methyl/N-ethyl adjacent to an activating group) is 1. The number of ether oxygens (including phenoxy) is 1. The molecule has 40 heavy (non-hydrogen) atoms. The Hall–Kier alpha value is -2.34. The molecular formula is C27H31Cl3N4O5S. The molecule has 1 N–H and O–H groups in total. The molecule has 2 aliphatic rings. The van der Waals surface area contributed by atoms with Gasteiger partial charge in [-0.15, -0.1) is 0 Å². The monoisotopic (exact) mass is 628 g/mol. The fourth-order valence-corrected chi connectivity index (χ4v) is 7.26. The SMILES string of the molecule is CCOC(=O)C1=C(CN2CCN(S(=O)(=O)c3ccc(Cl)cc3)[C@H](C)C2)N(CC)C(=O)N[C@@H]1c1cccc(Cl)c1Cl. The predicted octanol–water partition coefficient (Wildman–Crippen LogP) is 4.95. The van der Waals surface area contributed by atoms with E-state index in [1.807, 2.05) is 18.7 Å². The molecule has 2 amide bonds. The highest BCUT2D eigenvalue weighted by atomic mass is 35.5. The van der Waals surface area contributed by atoms with Gasteiger partial charge in [-0.1, -0.05) is 46.9 Å². The van der Waals surface area contributed by atoms with Gasteiger partial charge in [0, 0.05) is 49.5 Å². The summed E-state index contributed by atoms with van der Waals surface area (Å²) in [5, 5.41) is 3.87. The lowest BCUT2D eigenvalue weighted by atomic mass is 9.94. The number of hydrogen-bond donors (Lipinski definition) is 1. The van der Waals surface area contributed by atoms with Crippen molar-refractivity contribution in [2.75, 3.05) is 39.3 Å². The van der Waals surface area contributed by atoms with Gasteiger partial charge in [0.25, 0.3) is 0 Å².